The van der Waals surface area contributed by atoms with E-state index in [4.69, 9.17) is 0 Å². The molecule has 2 N–H and O–H groups in total. The van der Waals surface area contributed by atoms with Gasteiger partial charge >= 0.3 is 0 Å². The predicted molar refractivity (Wildman–Crippen MR) is 69.5 cm³/mol. The molecule has 2 heteroatoms. The summed E-state index contributed by atoms with van der Waals surface area (Å²) in [6.07, 6.45) is 6.44. The number of hydrogen-bond donors (Lipinski definition) is 2. The molecule has 0 heterocycles. The maximum absolute atomic E-state index is 9.52. The normalized spacial score (nSPS) is 26.6. The number of rotatable bonds is 6. The first kappa shape index (κ1) is 14.0. The molecule has 2 unspecified atom stereocenters. The first-order valence-corrected chi connectivity index (χ1v) is 6.90. The van der Waals surface area contributed by atoms with Gasteiger partial charge in [-0.3, -0.25) is 0 Å². The summed E-state index contributed by atoms with van der Waals surface area (Å²) in [6, 6.07) is 0. The van der Waals surface area contributed by atoms with Crippen molar-refractivity contribution in [3.05, 3.63) is 0 Å². The van der Waals surface area contributed by atoms with Crippen LogP contribution in [0.4, 0.5) is 0 Å². The third-order valence-electron chi connectivity index (χ3n) is 4.09. The number of hydrogen-bond acceptors (Lipinski definition) is 2. The Kier molecular flexibility index (Phi) is 5.77. The summed E-state index contributed by atoms with van der Waals surface area (Å²) >= 11 is 0. The predicted octanol–water partition coefficient (Wildman–Crippen LogP) is 2.81. The SMILES string of the molecule is CCNCCC(CO)C1CCCC(C)(C)C1. The highest BCUT2D eigenvalue weighted by Crippen LogP contribution is 2.42. The molecule has 0 saturated heterocycles. The van der Waals surface area contributed by atoms with Crippen molar-refractivity contribution in [2.45, 2.75) is 52.9 Å². The summed E-state index contributed by atoms with van der Waals surface area (Å²) in [5.41, 5.74) is 0.495. The number of aliphatic hydroxyl groups excluding tert-OH is 1. The van der Waals surface area contributed by atoms with Gasteiger partial charge in [-0.2, -0.15) is 0 Å². The Hall–Kier alpha value is -0.0800. The molecule has 96 valence electrons. The average molecular weight is 227 g/mol. The fourth-order valence-corrected chi connectivity index (χ4v) is 3.10. The lowest BCUT2D eigenvalue weighted by atomic mass is 9.68. The maximum Gasteiger partial charge on any atom is 0.0462 e. The summed E-state index contributed by atoms with van der Waals surface area (Å²) in [7, 11) is 0. The van der Waals surface area contributed by atoms with Gasteiger partial charge in [0, 0.05) is 6.61 Å². The molecule has 2 atom stereocenters. The van der Waals surface area contributed by atoms with E-state index in [1.807, 2.05) is 0 Å². The summed E-state index contributed by atoms with van der Waals surface area (Å²) in [6.45, 7) is 9.34. The van der Waals surface area contributed by atoms with Gasteiger partial charge in [0.15, 0.2) is 0 Å². The zero-order valence-electron chi connectivity index (χ0n) is 11.3. The average Bonchev–Trinajstić information content (AvgIpc) is 2.23. The second-order valence-corrected chi connectivity index (χ2v) is 6.11. The first-order chi connectivity index (χ1) is 7.59. The molecule has 0 bridgehead atoms. The van der Waals surface area contributed by atoms with E-state index < -0.39 is 0 Å². The Bertz CT molecular complexity index is 191. The van der Waals surface area contributed by atoms with Gasteiger partial charge in [-0.1, -0.05) is 33.6 Å². The second-order valence-electron chi connectivity index (χ2n) is 6.11. The van der Waals surface area contributed by atoms with Crippen molar-refractivity contribution < 1.29 is 5.11 Å². The zero-order valence-corrected chi connectivity index (χ0v) is 11.3. The highest BCUT2D eigenvalue weighted by molar-refractivity contribution is 4.83. The standard InChI is InChI=1S/C14H29NO/c1-4-15-9-7-13(11-16)12-6-5-8-14(2,3)10-12/h12-13,15-16H,4-11H2,1-3H3. The van der Waals surface area contributed by atoms with E-state index in [0.717, 1.165) is 25.4 Å². The molecule has 1 fully saturated rings. The van der Waals surface area contributed by atoms with Crippen molar-refractivity contribution in [2.24, 2.45) is 17.3 Å². The van der Waals surface area contributed by atoms with Gasteiger partial charge in [-0.05, 0) is 49.6 Å². The van der Waals surface area contributed by atoms with Crippen LogP contribution in [0.1, 0.15) is 52.9 Å². The van der Waals surface area contributed by atoms with E-state index in [2.05, 4.69) is 26.1 Å². The minimum atomic E-state index is 0.367. The lowest BCUT2D eigenvalue weighted by molar-refractivity contribution is 0.0888. The van der Waals surface area contributed by atoms with Crippen LogP contribution in [-0.2, 0) is 0 Å². The van der Waals surface area contributed by atoms with Crippen molar-refractivity contribution >= 4 is 0 Å². The topological polar surface area (TPSA) is 32.3 Å². The third kappa shape index (κ3) is 4.42. The molecular formula is C14H29NO. The zero-order chi connectivity index (χ0) is 12.0. The number of nitrogens with one attached hydrogen (secondary N) is 1. The Morgan fingerprint density at radius 1 is 1.44 bits per heavy atom. The highest BCUT2D eigenvalue weighted by atomic mass is 16.3. The van der Waals surface area contributed by atoms with Gasteiger partial charge in [0.1, 0.15) is 0 Å². The fraction of sp³-hybridized carbons (Fsp3) is 1.00. The Morgan fingerprint density at radius 2 is 2.19 bits per heavy atom. The Balaban J connectivity index is 2.39. The molecule has 0 aromatic heterocycles. The molecule has 1 aliphatic rings. The van der Waals surface area contributed by atoms with Gasteiger partial charge in [-0.15, -0.1) is 0 Å². The molecule has 0 aromatic carbocycles. The van der Waals surface area contributed by atoms with Crippen LogP contribution in [0.25, 0.3) is 0 Å². The van der Waals surface area contributed by atoms with Crippen molar-refractivity contribution in [2.75, 3.05) is 19.7 Å². The van der Waals surface area contributed by atoms with Crippen LogP contribution in [0, 0.1) is 17.3 Å². The van der Waals surface area contributed by atoms with Crippen LogP contribution in [0.5, 0.6) is 0 Å². The molecule has 1 aliphatic carbocycles. The molecule has 0 aromatic rings. The van der Waals surface area contributed by atoms with Crippen molar-refractivity contribution in [3.63, 3.8) is 0 Å². The van der Waals surface area contributed by atoms with Gasteiger partial charge in [0.05, 0.1) is 0 Å². The van der Waals surface area contributed by atoms with E-state index >= 15 is 0 Å². The van der Waals surface area contributed by atoms with E-state index in [1.54, 1.807) is 0 Å². The quantitative estimate of drug-likeness (QED) is 0.684. The van der Waals surface area contributed by atoms with Crippen LogP contribution in [-0.4, -0.2) is 24.8 Å². The van der Waals surface area contributed by atoms with Crippen LogP contribution < -0.4 is 5.32 Å². The summed E-state index contributed by atoms with van der Waals surface area (Å²) < 4.78 is 0. The van der Waals surface area contributed by atoms with Crippen molar-refractivity contribution in [1.29, 1.82) is 0 Å². The monoisotopic (exact) mass is 227 g/mol. The molecular weight excluding hydrogens is 198 g/mol. The minimum absolute atomic E-state index is 0.367. The molecule has 0 aliphatic heterocycles. The number of aliphatic hydroxyl groups is 1. The largest absolute Gasteiger partial charge is 0.396 e. The van der Waals surface area contributed by atoms with E-state index in [9.17, 15) is 5.11 Å². The van der Waals surface area contributed by atoms with Crippen LogP contribution >= 0.6 is 0 Å². The van der Waals surface area contributed by atoms with E-state index in [0.29, 0.717) is 17.9 Å². The second kappa shape index (κ2) is 6.61. The highest BCUT2D eigenvalue weighted by Gasteiger charge is 2.31. The third-order valence-corrected chi connectivity index (χ3v) is 4.09. The minimum Gasteiger partial charge on any atom is -0.396 e. The van der Waals surface area contributed by atoms with Crippen molar-refractivity contribution in [1.82, 2.24) is 5.32 Å². The lowest BCUT2D eigenvalue weighted by Gasteiger charge is -2.38. The van der Waals surface area contributed by atoms with Crippen LogP contribution in [0.15, 0.2) is 0 Å². The molecule has 0 amide bonds. The molecule has 0 spiro atoms. The van der Waals surface area contributed by atoms with Gasteiger partial charge < -0.3 is 10.4 Å². The molecule has 1 saturated carbocycles. The Morgan fingerprint density at radius 3 is 2.75 bits per heavy atom. The lowest BCUT2D eigenvalue weighted by Crippen LogP contribution is -2.31. The van der Waals surface area contributed by atoms with Crippen LogP contribution in [0.3, 0.4) is 0 Å². The van der Waals surface area contributed by atoms with E-state index in [1.165, 1.54) is 25.7 Å². The van der Waals surface area contributed by atoms with Crippen LogP contribution in [0.2, 0.25) is 0 Å². The van der Waals surface area contributed by atoms with Gasteiger partial charge in [0.2, 0.25) is 0 Å². The fourth-order valence-electron chi connectivity index (χ4n) is 3.10. The maximum atomic E-state index is 9.52. The summed E-state index contributed by atoms with van der Waals surface area (Å²) in [5, 5.41) is 12.9. The van der Waals surface area contributed by atoms with Crippen molar-refractivity contribution in [3.8, 4) is 0 Å². The first-order valence-electron chi connectivity index (χ1n) is 6.90. The Labute approximate surface area is 101 Å². The smallest absolute Gasteiger partial charge is 0.0462 e. The van der Waals surface area contributed by atoms with E-state index in [-0.39, 0.29) is 0 Å². The van der Waals surface area contributed by atoms with Gasteiger partial charge in [0.25, 0.3) is 0 Å². The summed E-state index contributed by atoms with van der Waals surface area (Å²) in [4.78, 5) is 0. The molecule has 16 heavy (non-hydrogen) atoms. The van der Waals surface area contributed by atoms with Gasteiger partial charge in [-0.25, -0.2) is 0 Å². The molecule has 1 rings (SSSR count). The molecule has 2 nitrogen and oxygen atoms in total. The summed E-state index contributed by atoms with van der Waals surface area (Å²) in [5.74, 6) is 1.26. The molecule has 0 radical (unpaired) electrons.